The number of hydrogen-bond acceptors (Lipinski definition) is 2. The van der Waals surface area contributed by atoms with Gasteiger partial charge in [0, 0.05) is 6.04 Å². The van der Waals surface area contributed by atoms with Crippen LogP contribution in [0.1, 0.15) is 19.3 Å². The van der Waals surface area contributed by atoms with Crippen molar-refractivity contribution in [2.75, 3.05) is 13.1 Å². The van der Waals surface area contributed by atoms with E-state index < -0.39 is 0 Å². The third-order valence-electron chi connectivity index (χ3n) is 2.97. The van der Waals surface area contributed by atoms with Crippen LogP contribution in [0.5, 0.6) is 0 Å². The Hall–Kier alpha value is -0.600. The summed E-state index contributed by atoms with van der Waals surface area (Å²) in [6.45, 7) is 2.34. The molecule has 0 spiro atoms. The molecule has 2 rings (SSSR count). The molecule has 72 valence electrons. The SMILES string of the molecule is N[C@@H]1C=CC(C2CCNCC2)=CC1. The molecule has 2 heteroatoms. The minimum absolute atomic E-state index is 0.255. The highest BCUT2D eigenvalue weighted by molar-refractivity contribution is 5.27. The first-order valence-electron chi connectivity index (χ1n) is 5.21. The summed E-state index contributed by atoms with van der Waals surface area (Å²) in [4.78, 5) is 0. The van der Waals surface area contributed by atoms with Crippen molar-refractivity contribution in [1.29, 1.82) is 0 Å². The van der Waals surface area contributed by atoms with Crippen LogP contribution in [0.4, 0.5) is 0 Å². The smallest absolute Gasteiger partial charge is 0.0262 e. The highest BCUT2D eigenvalue weighted by atomic mass is 14.9. The molecule has 1 atom stereocenters. The summed E-state index contributed by atoms with van der Waals surface area (Å²) in [7, 11) is 0. The molecular weight excluding hydrogens is 160 g/mol. The molecule has 1 heterocycles. The number of rotatable bonds is 1. The van der Waals surface area contributed by atoms with E-state index in [2.05, 4.69) is 23.5 Å². The van der Waals surface area contributed by atoms with Gasteiger partial charge in [-0.25, -0.2) is 0 Å². The summed E-state index contributed by atoms with van der Waals surface area (Å²) >= 11 is 0. The van der Waals surface area contributed by atoms with Crippen molar-refractivity contribution in [2.45, 2.75) is 25.3 Å². The Kier molecular flexibility index (Phi) is 2.81. The van der Waals surface area contributed by atoms with Gasteiger partial charge in [0.2, 0.25) is 0 Å². The molecule has 13 heavy (non-hydrogen) atoms. The van der Waals surface area contributed by atoms with Crippen molar-refractivity contribution in [2.24, 2.45) is 11.7 Å². The molecule has 1 aliphatic heterocycles. The first-order chi connectivity index (χ1) is 6.36. The second-order valence-electron chi connectivity index (χ2n) is 3.99. The van der Waals surface area contributed by atoms with Crippen molar-refractivity contribution in [3.63, 3.8) is 0 Å². The van der Waals surface area contributed by atoms with Crippen molar-refractivity contribution in [3.05, 3.63) is 23.8 Å². The maximum absolute atomic E-state index is 5.78. The number of piperidine rings is 1. The maximum atomic E-state index is 5.78. The highest BCUT2D eigenvalue weighted by Gasteiger charge is 2.17. The Balaban J connectivity index is 1.96. The molecule has 1 aliphatic carbocycles. The molecule has 0 amide bonds. The average molecular weight is 178 g/mol. The molecule has 0 bridgehead atoms. The van der Waals surface area contributed by atoms with Crippen LogP contribution in [-0.2, 0) is 0 Å². The van der Waals surface area contributed by atoms with E-state index in [1.165, 1.54) is 31.5 Å². The van der Waals surface area contributed by atoms with Gasteiger partial charge in [0.05, 0.1) is 0 Å². The third-order valence-corrected chi connectivity index (χ3v) is 2.97. The summed E-state index contributed by atoms with van der Waals surface area (Å²) in [6, 6.07) is 0.255. The van der Waals surface area contributed by atoms with Crippen LogP contribution in [-0.4, -0.2) is 19.1 Å². The van der Waals surface area contributed by atoms with E-state index in [4.69, 9.17) is 5.73 Å². The Labute approximate surface area is 79.9 Å². The molecule has 0 unspecified atom stereocenters. The van der Waals surface area contributed by atoms with E-state index in [0.717, 1.165) is 12.3 Å². The number of hydrogen-bond donors (Lipinski definition) is 2. The minimum atomic E-state index is 0.255. The van der Waals surface area contributed by atoms with E-state index in [1.54, 1.807) is 0 Å². The zero-order valence-corrected chi connectivity index (χ0v) is 8.00. The molecule has 0 radical (unpaired) electrons. The van der Waals surface area contributed by atoms with E-state index in [1.807, 2.05) is 0 Å². The van der Waals surface area contributed by atoms with Gasteiger partial charge >= 0.3 is 0 Å². The van der Waals surface area contributed by atoms with Crippen LogP contribution < -0.4 is 11.1 Å². The van der Waals surface area contributed by atoms with Crippen LogP contribution in [0, 0.1) is 5.92 Å². The molecular formula is C11H18N2. The van der Waals surface area contributed by atoms with Crippen molar-refractivity contribution in [1.82, 2.24) is 5.32 Å². The first-order valence-corrected chi connectivity index (χ1v) is 5.21. The normalized spacial score (nSPS) is 30.2. The van der Waals surface area contributed by atoms with E-state index in [-0.39, 0.29) is 6.04 Å². The molecule has 3 N–H and O–H groups in total. The van der Waals surface area contributed by atoms with Gasteiger partial charge in [-0.2, -0.15) is 0 Å². The minimum Gasteiger partial charge on any atom is -0.324 e. The van der Waals surface area contributed by atoms with Gasteiger partial charge in [0.15, 0.2) is 0 Å². The van der Waals surface area contributed by atoms with Gasteiger partial charge in [0.1, 0.15) is 0 Å². The summed E-state index contributed by atoms with van der Waals surface area (Å²) in [5, 5.41) is 3.39. The predicted molar refractivity (Wildman–Crippen MR) is 55.4 cm³/mol. The van der Waals surface area contributed by atoms with Crippen LogP contribution in [0.25, 0.3) is 0 Å². The third kappa shape index (κ3) is 2.20. The molecule has 0 saturated carbocycles. The standard InChI is InChI=1S/C11H18N2/c12-11-3-1-9(2-4-11)10-5-7-13-8-6-10/h1-3,10-11,13H,4-8,12H2/t11-/m1/s1. The van der Waals surface area contributed by atoms with Gasteiger partial charge in [-0.3, -0.25) is 0 Å². The number of allylic oxidation sites excluding steroid dienone is 2. The maximum Gasteiger partial charge on any atom is 0.0262 e. The Morgan fingerprint density at radius 2 is 2.08 bits per heavy atom. The summed E-state index contributed by atoms with van der Waals surface area (Å²) in [5.74, 6) is 0.782. The highest BCUT2D eigenvalue weighted by Crippen LogP contribution is 2.25. The molecule has 2 nitrogen and oxygen atoms in total. The van der Waals surface area contributed by atoms with E-state index in [0.29, 0.717) is 0 Å². The lowest BCUT2D eigenvalue weighted by Crippen LogP contribution is -2.29. The lowest BCUT2D eigenvalue weighted by atomic mass is 9.86. The lowest BCUT2D eigenvalue weighted by Gasteiger charge is -2.25. The Morgan fingerprint density at radius 1 is 1.31 bits per heavy atom. The fraction of sp³-hybridized carbons (Fsp3) is 0.636. The largest absolute Gasteiger partial charge is 0.324 e. The lowest BCUT2D eigenvalue weighted by molar-refractivity contribution is 0.423. The van der Waals surface area contributed by atoms with Crippen molar-refractivity contribution >= 4 is 0 Å². The fourth-order valence-corrected chi connectivity index (χ4v) is 2.11. The Bertz CT molecular complexity index is 224. The predicted octanol–water partition coefficient (Wildman–Crippen LogP) is 1.20. The summed E-state index contributed by atoms with van der Waals surface area (Å²) in [6.07, 6.45) is 10.3. The number of nitrogens with one attached hydrogen (secondary N) is 1. The van der Waals surface area contributed by atoms with Crippen molar-refractivity contribution in [3.8, 4) is 0 Å². The van der Waals surface area contributed by atoms with E-state index in [9.17, 15) is 0 Å². The summed E-state index contributed by atoms with van der Waals surface area (Å²) in [5.41, 5.74) is 7.30. The van der Waals surface area contributed by atoms with Gasteiger partial charge in [-0.15, -0.1) is 0 Å². The zero-order valence-electron chi connectivity index (χ0n) is 8.00. The quantitative estimate of drug-likeness (QED) is 0.633. The molecule has 0 aromatic rings. The van der Waals surface area contributed by atoms with Gasteiger partial charge < -0.3 is 11.1 Å². The average Bonchev–Trinajstić information content (AvgIpc) is 2.20. The zero-order chi connectivity index (χ0) is 9.10. The fourth-order valence-electron chi connectivity index (χ4n) is 2.11. The molecule has 2 aliphatic rings. The van der Waals surface area contributed by atoms with Crippen LogP contribution in [0.3, 0.4) is 0 Å². The van der Waals surface area contributed by atoms with Gasteiger partial charge in [-0.05, 0) is 43.8 Å². The Morgan fingerprint density at radius 3 is 2.69 bits per heavy atom. The molecule has 1 saturated heterocycles. The molecule has 0 aromatic carbocycles. The second-order valence-corrected chi connectivity index (χ2v) is 3.99. The number of nitrogens with two attached hydrogens (primary N) is 1. The van der Waals surface area contributed by atoms with Crippen LogP contribution in [0.15, 0.2) is 23.8 Å². The van der Waals surface area contributed by atoms with Crippen LogP contribution in [0.2, 0.25) is 0 Å². The van der Waals surface area contributed by atoms with E-state index >= 15 is 0 Å². The first kappa shape index (κ1) is 8.97. The summed E-state index contributed by atoms with van der Waals surface area (Å²) < 4.78 is 0. The second kappa shape index (κ2) is 4.07. The monoisotopic (exact) mass is 178 g/mol. The molecule has 1 fully saturated rings. The van der Waals surface area contributed by atoms with Gasteiger partial charge in [0.25, 0.3) is 0 Å². The topological polar surface area (TPSA) is 38.0 Å². The van der Waals surface area contributed by atoms with Crippen molar-refractivity contribution < 1.29 is 0 Å². The molecule has 0 aromatic heterocycles. The van der Waals surface area contributed by atoms with Gasteiger partial charge in [-0.1, -0.05) is 18.2 Å². The van der Waals surface area contributed by atoms with Crippen LogP contribution >= 0.6 is 0 Å².